The number of thiazole rings is 1. The maximum atomic E-state index is 12.6. The van der Waals surface area contributed by atoms with Crippen LogP contribution in [0.1, 0.15) is 40.3 Å². The number of nitrogens with one attached hydrogen (secondary N) is 1. The van der Waals surface area contributed by atoms with E-state index < -0.39 is 0 Å². The van der Waals surface area contributed by atoms with E-state index in [1.165, 1.54) is 36.2 Å². The lowest BCUT2D eigenvalue weighted by atomic mass is 10.1. The summed E-state index contributed by atoms with van der Waals surface area (Å²) in [6.07, 6.45) is 3.83. The summed E-state index contributed by atoms with van der Waals surface area (Å²) in [6.45, 7) is 5.91. The van der Waals surface area contributed by atoms with Gasteiger partial charge in [0.25, 0.3) is 5.91 Å². The maximum absolute atomic E-state index is 12.6. The van der Waals surface area contributed by atoms with E-state index in [0.29, 0.717) is 18.0 Å². The smallest absolute Gasteiger partial charge is 0.270 e. The fourth-order valence-corrected chi connectivity index (χ4v) is 6.58. The van der Waals surface area contributed by atoms with Crippen LogP contribution in [0.5, 0.6) is 0 Å². The SMILES string of the molecule is Cc1cccc(-n2c(SCc3nc(C(=O)NCCN4CCCCC4)cs3)nnc2-c2cccs2)c1. The second kappa shape index (κ2) is 11.5. The largest absolute Gasteiger partial charge is 0.349 e. The van der Waals surface area contributed by atoms with Gasteiger partial charge in [0.15, 0.2) is 11.0 Å². The Bertz CT molecular complexity index is 1260. The van der Waals surface area contributed by atoms with Crippen molar-refractivity contribution in [1.29, 1.82) is 0 Å². The van der Waals surface area contributed by atoms with Crippen molar-refractivity contribution in [2.75, 3.05) is 26.2 Å². The van der Waals surface area contributed by atoms with Crippen LogP contribution >= 0.6 is 34.4 Å². The number of piperidine rings is 1. The molecule has 0 bridgehead atoms. The van der Waals surface area contributed by atoms with Crippen LogP contribution in [0.2, 0.25) is 0 Å². The van der Waals surface area contributed by atoms with Gasteiger partial charge in [0.05, 0.1) is 16.3 Å². The molecule has 3 aromatic heterocycles. The van der Waals surface area contributed by atoms with Crippen molar-refractivity contribution in [3.63, 3.8) is 0 Å². The molecule has 1 aliphatic heterocycles. The highest BCUT2D eigenvalue weighted by atomic mass is 32.2. The Labute approximate surface area is 217 Å². The first-order valence-corrected chi connectivity index (χ1v) is 14.6. The summed E-state index contributed by atoms with van der Waals surface area (Å²) in [5, 5.41) is 17.6. The zero-order chi connectivity index (χ0) is 24.0. The number of hydrogen-bond acceptors (Lipinski definition) is 8. The van der Waals surface area contributed by atoms with Crippen molar-refractivity contribution in [3.05, 3.63) is 63.4 Å². The Morgan fingerprint density at radius 2 is 2.00 bits per heavy atom. The van der Waals surface area contributed by atoms with Gasteiger partial charge in [-0.25, -0.2) is 4.98 Å². The molecular weight excluding hydrogens is 497 g/mol. The van der Waals surface area contributed by atoms with Crippen molar-refractivity contribution in [2.45, 2.75) is 37.1 Å². The number of carbonyl (C=O) groups excluding carboxylic acids is 1. The van der Waals surface area contributed by atoms with Crippen LogP contribution < -0.4 is 5.32 Å². The topological polar surface area (TPSA) is 75.9 Å². The number of carbonyl (C=O) groups is 1. The van der Waals surface area contributed by atoms with E-state index in [1.54, 1.807) is 23.1 Å². The molecule has 1 aliphatic rings. The summed E-state index contributed by atoms with van der Waals surface area (Å²) in [7, 11) is 0. The number of benzene rings is 1. The minimum atomic E-state index is -0.0996. The highest BCUT2D eigenvalue weighted by molar-refractivity contribution is 7.98. The van der Waals surface area contributed by atoms with Gasteiger partial charge < -0.3 is 10.2 Å². The molecule has 0 unspecified atom stereocenters. The number of thioether (sulfide) groups is 1. The summed E-state index contributed by atoms with van der Waals surface area (Å²) in [5.41, 5.74) is 2.71. The van der Waals surface area contributed by atoms with Crippen LogP contribution in [0.15, 0.2) is 52.3 Å². The average Bonchev–Trinajstić information content (AvgIpc) is 3.64. The number of hydrogen-bond donors (Lipinski definition) is 1. The van der Waals surface area contributed by atoms with Gasteiger partial charge in [0.2, 0.25) is 0 Å². The standard InChI is InChI=1S/C25H28N6OS3/c1-18-7-5-8-19(15-18)31-23(21-9-6-14-33-21)28-29-25(31)35-17-22-27-20(16-34-22)24(32)26-10-13-30-11-3-2-4-12-30/h5-9,14-16H,2-4,10-13,17H2,1H3,(H,26,32). The molecule has 4 heterocycles. The second-order valence-electron chi connectivity index (χ2n) is 8.53. The molecule has 0 spiro atoms. The first-order valence-electron chi connectivity index (χ1n) is 11.8. The third-order valence-electron chi connectivity index (χ3n) is 5.91. The Hall–Kier alpha value is -2.53. The number of nitrogens with zero attached hydrogens (tertiary/aromatic N) is 5. The number of amides is 1. The van der Waals surface area contributed by atoms with Crippen LogP contribution in [0, 0.1) is 6.92 Å². The first kappa shape index (κ1) is 24.2. The van der Waals surface area contributed by atoms with Gasteiger partial charge in [-0.1, -0.05) is 36.4 Å². The molecule has 1 aromatic carbocycles. The first-order chi connectivity index (χ1) is 17.2. The van der Waals surface area contributed by atoms with E-state index in [4.69, 9.17) is 0 Å². The summed E-state index contributed by atoms with van der Waals surface area (Å²) >= 11 is 4.74. The Kier molecular flexibility index (Phi) is 7.92. The predicted octanol–water partition coefficient (Wildman–Crippen LogP) is 5.27. The molecule has 1 N–H and O–H groups in total. The number of likely N-dealkylation sites (tertiary alicyclic amines) is 1. The fourth-order valence-electron chi connectivity index (χ4n) is 4.14. The summed E-state index contributed by atoms with van der Waals surface area (Å²) in [4.78, 5) is 20.6. The van der Waals surface area contributed by atoms with E-state index in [0.717, 1.165) is 46.2 Å². The van der Waals surface area contributed by atoms with Gasteiger partial charge in [-0.15, -0.1) is 32.9 Å². The van der Waals surface area contributed by atoms with Crippen LogP contribution in [0.3, 0.4) is 0 Å². The quantitative estimate of drug-likeness (QED) is 0.301. The Balaban J connectivity index is 1.24. The maximum Gasteiger partial charge on any atom is 0.270 e. The normalized spacial score (nSPS) is 14.3. The van der Waals surface area contributed by atoms with Gasteiger partial charge in [-0.05, 0) is 62.0 Å². The lowest BCUT2D eigenvalue weighted by Crippen LogP contribution is -2.37. The molecule has 4 aromatic rings. The van der Waals surface area contributed by atoms with Crippen molar-refractivity contribution in [1.82, 2.24) is 30.0 Å². The molecule has 1 amide bonds. The molecule has 5 rings (SSSR count). The summed E-state index contributed by atoms with van der Waals surface area (Å²) < 4.78 is 2.10. The molecule has 0 aliphatic carbocycles. The molecule has 182 valence electrons. The van der Waals surface area contributed by atoms with E-state index in [-0.39, 0.29) is 5.91 Å². The van der Waals surface area contributed by atoms with Gasteiger partial charge >= 0.3 is 0 Å². The van der Waals surface area contributed by atoms with Gasteiger partial charge in [0.1, 0.15) is 10.7 Å². The zero-order valence-electron chi connectivity index (χ0n) is 19.6. The molecule has 0 saturated carbocycles. The highest BCUT2D eigenvalue weighted by Gasteiger charge is 2.18. The fraction of sp³-hybridized carbons (Fsp3) is 0.360. The third kappa shape index (κ3) is 6.00. The molecule has 35 heavy (non-hydrogen) atoms. The minimum Gasteiger partial charge on any atom is -0.349 e. The van der Waals surface area contributed by atoms with Gasteiger partial charge in [-0.3, -0.25) is 9.36 Å². The van der Waals surface area contributed by atoms with Crippen LogP contribution in [0.25, 0.3) is 16.4 Å². The van der Waals surface area contributed by atoms with Gasteiger partial charge in [0, 0.05) is 18.5 Å². The summed E-state index contributed by atoms with van der Waals surface area (Å²) in [5.74, 6) is 1.36. The van der Waals surface area contributed by atoms with Crippen LogP contribution in [0.4, 0.5) is 0 Å². The lowest BCUT2D eigenvalue weighted by Gasteiger charge is -2.26. The third-order valence-corrected chi connectivity index (χ3v) is 8.74. The van der Waals surface area contributed by atoms with E-state index in [9.17, 15) is 4.79 Å². The van der Waals surface area contributed by atoms with Crippen LogP contribution in [-0.2, 0) is 5.75 Å². The van der Waals surface area contributed by atoms with Crippen molar-refractivity contribution >= 4 is 40.3 Å². The molecule has 10 heteroatoms. The predicted molar refractivity (Wildman–Crippen MR) is 144 cm³/mol. The van der Waals surface area contributed by atoms with E-state index >= 15 is 0 Å². The second-order valence-corrected chi connectivity index (χ2v) is 11.4. The number of aryl methyl sites for hydroxylation is 1. The minimum absolute atomic E-state index is 0.0996. The van der Waals surface area contributed by atoms with Crippen LogP contribution in [-0.4, -0.2) is 56.7 Å². The van der Waals surface area contributed by atoms with Crippen molar-refractivity contribution in [2.24, 2.45) is 0 Å². The molecule has 1 fully saturated rings. The van der Waals surface area contributed by atoms with E-state index in [1.807, 2.05) is 22.9 Å². The average molecular weight is 525 g/mol. The molecular formula is C25H28N6OS3. The number of rotatable bonds is 9. The van der Waals surface area contributed by atoms with E-state index in [2.05, 4.69) is 61.2 Å². The van der Waals surface area contributed by atoms with Crippen molar-refractivity contribution < 1.29 is 4.79 Å². The number of aromatic nitrogens is 4. The molecule has 1 saturated heterocycles. The molecule has 0 radical (unpaired) electrons. The van der Waals surface area contributed by atoms with Gasteiger partial charge in [-0.2, -0.15) is 0 Å². The zero-order valence-corrected chi connectivity index (χ0v) is 22.1. The lowest BCUT2D eigenvalue weighted by molar-refractivity contribution is 0.0942. The monoisotopic (exact) mass is 524 g/mol. The Morgan fingerprint density at radius 3 is 2.80 bits per heavy atom. The highest BCUT2D eigenvalue weighted by Crippen LogP contribution is 2.32. The summed E-state index contributed by atoms with van der Waals surface area (Å²) in [6, 6.07) is 12.4. The Morgan fingerprint density at radius 1 is 1.11 bits per heavy atom. The molecule has 0 atom stereocenters. The molecule has 7 nitrogen and oxygen atoms in total. The number of thiophene rings is 1. The van der Waals surface area contributed by atoms with Crippen molar-refractivity contribution in [3.8, 4) is 16.4 Å².